The van der Waals surface area contributed by atoms with Crippen LogP contribution in [0.4, 0.5) is 0 Å². The number of aliphatic hydroxyl groups is 2. The van der Waals surface area contributed by atoms with E-state index in [-0.39, 0.29) is 43.1 Å². The number of aromatic nitrogens is 1. The number of rotatable bonds is 49. The third kappa shape index (κ3) is 33.2. The highest BCUT2D eigenvalue weighted by atomic mass is 32.2. The molecule has 632 valence electrons. The number of phenolic OH excluding ortho intramolecular Hbond substituents is 1. The Morgan fingerprint density at radius 1 is 0.465 bits per heavy atom. The number of nitrogens with one attached hydrogen (secondary N) is 16. The number of aliphatic hydroxyl groups excluding tert-OH is 2. The molecule has 0 aliphatic heterocycles. The number of hydrogen-bond acceptors (Lipinski definition) is 23. The van der Waals surface area contributed by atoms with Gasteiger partial charge in [0.25, 0.3) is 0 Å². The number of nitrogens with two attached hydrogens (primary N) is 1. The molecule has 0 fully saturated rings. The maximum atomic E-state index is 14.4. The van der Waals surface area contributed by atoms with Gasteiger partial charge in [-0.3, -0.25) is 76.7 Å². The van der Waals surface area contributed by atoms with Gasteiger partial charge in [0.1, 0.15) is 78.3 Å². The van der Waals surface area contributed by atoms with Gasteiger partial charge in [0.05, 0.1) is 38.4 Å². The number of aromatic hydroxyl groups is 1. The lowest BCUT2D eigenvalue weighted by atomic mass is 10.0. The van der Waals surface area contributed by atoms with Crippen molar-refractivity contribution in [1.29, 1.82) is 0 Å². The second-order valence-electron chi connectivity index (χ2n) is 28.7. The van der Waals surface area contributed by atoms with Crippen molar-refractivity contribution >= 4 is 136 Å². The van der Waals surface area contributed by atoms with Crippen LogP contribution in [0.2, 0.25) is 0 Å². The Hall–Kier alpha value is -10.6. The lowest BCUT2D eigenvalue weighted by Crippen LogP contribution is -2.61. The molecular weight excluding hydrogens is 1530 g/mol. The summed E-state index contributed by atoms with van der Waals surface area (Å²) >= 11 is 5.31. The Morgan fingerprint density at radius 2 is 0.904 bits per heavy atom. The molecule has 0 spiro atoms. The monoisotopic (exact) mass is 1640 g/mol. The number of hydrogen-bond donors (Lipinski definition) is 23. The summed E-state index contributed by atoms with van der Waals surface area (Å²) in [5, 5.41) is 86.4. The molecule has 3 rings (SSSR count). The molecule has 1 aromatic heterocycles. The summed E-state index contributed by atoms with van der Waals surface area (Å²) in [6.07, 6.45) is 0.560. The molecule has 0 aliphatic rings. The first kappa shape index (κ1) is 97.5. The summed E-state index contributed by atoms with van der Waals surface area (Å²) in [5.41, 5.74) is 7.39. The first-order valence-electron chi connectivity index (χ1n) is 36.9. The minimum absolute atomic E-state index is 0.00703. The lowest BCUT2D eigenvalue weighted by Gasteiger charge is -2.28. The minimum Gasteiger partial charge on any atom is -0.508 e. The van der Waals surface area contributed by atoms with Crippen LogP contribution in [0.3, 0.4) is 0 Å². The zero-order chi connectivity index (χ0) is 86.0. The van der Waals surface area contributed by atoms with Gasteiger partial charge in [-0.2, -0.15) is 24.4 Å². The van der Waals surface area contributed by atoms with Crippen molar-refractivity contribution in [2.75, 3.05) is 44.0 Å². The average Bonchev–Trinajstić information content (AvgIpc) is 1.75. The molecule has 0 saturated heterocycles. The molecule has 3 aromatic rings. The number of fused-ring (bicyclic) bond motifs is 1. The number of para-hydroxylation sites is 1. The van der Waals surface area contributed by atoms with Crippen LogP contribution < -0.4 is 85.5 Å². The molecular formula is C73H111N17O22S2. The van der Waals surface area contributed by atoms with Crippen molar-refractivity contribution in [1.82, 2.24) is 84.7 Å². The number of carboxylic acid groups (broad SMARTS) is 2. The van der Waals surface area contributed by atoms with Gasteiger partial charge in [-0.15, -0.1) is 0 Å². The number of phenols is 1. The van der Waals surface area contributed by atoms with E-state index < -0.39 is 242 Å². The molecule has 0 radical (unpaired) electrons. The second kappa shape index (κ2) is 48.4. The zero-order valence-corrected chi connectivity index (χ0v) is 67.4. The van der Waals surface area contributed by atoms with E-state index in [1.54, 1.807) is 78.3 Å². The standard InChI is InChI=1S/C73H111N17O22S2/c1-34(2)25-49(64(102)76-29-53(94)81-48(73(111)112)21-22-56(97)98)85-67(105)50(26-41-17-19-43(93)20-18-41)84-61(99)38(9)79-70(108)58(36(5)6)89-68(106)52(32-91)82-54(95)30-78-69(107)57(35(3)4)87-55(96)31-77-65(103)51(27-42-28-75-46-16-14-13-15-44(42)46)86-66(104)47(23-24-114-12)83-71(109)59(37(7)8)88-62(100)39(10)80-72(110)60(40(11)92)90-63(101)45(74)33-113/h13-20,28,34-40,45,47-52,57-60,75,91-93,113H,21-27,29-33,74H2,1-12H3,(H,76,102)(H,77,103)(H,78,107)(H,79,108)(H,80,110)(H,81,94)(H,82,95)(H,83,109)(H,84,99)(H,85,105)(H,86,104)(H,87,96)(H,88,100)(H,89,106)(H,90,101)(H,97,98)(H,111,112)/t38-,39-,40+,45-,47-,48-,49-,50-,51-,52-,57-,58-,59-,60-/m0/s1. The SMILES string of the molecule is CSCC[C@H](NC(=O)[C@@H](NC(=O)[C@H](C)NC(=O)[C@@H](NC(=O)[C@@H](N)CS)[C@@H](C)O)C(C)C)C(=O)N[C@@H](Cc1c[nH]c2ccccc12)C(=O)NCC(=O)N[C@H](C(=O)NCC(=O)N[C@@H](CO)C(=O)N[C@H](C(=O)N[C@@H](C)C(=O)N[C@@H](Cc1ccc(O)cc1)C(=O)N[C@@H](CC(C)C)C(=O)NCC(=O)N[C@@H](CCC(=O)O)C(=O)O)C(C)C)C(C)C. The number of H-pyrrole nitrogens is 1. The van der Waals surface area contributed by atoms with Crippen LogP contribution >= 0.6 is 24.4 Å². The molecule has 41 heteroatoms. The van der Waals surface area contributed by atoms with E-state index in [0.29, 0.717) is 27.8 Å². The molecule has 0 aliphatic carbocycles. The molecule has 114 heavy (non-hydrogen) atoms. The first-order chi connectivity index (χ1) is 53.5. The number of amides is 15. The molecule has 0 bridgehead atoms. The fraction of sp³-hybridized carbons (Fsp3) is 0.575. The summed E-state index contributed by atoms with van der Waals surface area (Å²) in [6, 6.07) is -5.75. The Kier molecular flexibility index (Phi) is 41.4. The van der Waals surface area contributed by atoms with E-state index >= 15 is 0 Å². The predicted octanol–water partition coefficient (Wildman–Crippen LogP) is -4.79. The molecule has 0 unspecified atom stereocenters. The summed E-state index contributed by atoms with van der Waals surface area (Å²) in [6.45, 7) is 13.2. The summed E-state index contributed by atoms with van der Waals surface area (Å²) in [4.78, 5) is 230. The summed E-state index contributed by atoms with van der Waals surface area (Å²) in [5.74, 6) is -18.6. The van der Waals surface area contributed by atoms with Crippen LogP contribution in [0.15, 0.2) is 54.7 Å². The fourth-order valence-corrected chi connectivity index (χ4v) is 11.7. The highest BCUT2D eigenvalue weighted by Crippen LogP contribution is 2.21. The fourth-order valence-electron chi connectivity index (χ4n) is 11.0. The van der Waals surface area contributed by atoms with Crippen LogP contribution in [0.5, 0.6) is 5.75 Å². The van der Waals surface area contributed by atoms with Crippen molar-refractivity contribution in [2.45, 2.75) is 199 Å². The highest BCUT2D eigenvalue weighted by molar-refractivity contribution is 7.98. The summed E-state index contributed by atoms with van der Waals surface area (Å²) < 4.78 is 0. The van der Waals surface area contributed by atoms with Gasteiger partial charge in [0.2, 0.25) is 88.6 Å². The lowest BCUT2D eigenvalue weighted by molar-refractivity contribution is -0.143. The van der Waals surface area contributed by atoms with E-state index in [4.69, 9.17) is 10.8 Å². The number of benzene rings is 2. The number of aliphatic carboxylic acids is 2. The molecule has 2 aromatic carbocycles. The van der Waals surface area contributed by atoms with Crippen molar-refractivity contribution < 1.29 is 107 Å². The molecule has 23 N–H and O–H groups in total. The van der Waals surface area contributed by atoms with Crippen molar-refractivity contribution in [3.8, 4) is 5.75 Å². The van der Waals surface area contributed by atoms with Gasteiger partial charge in [-0.25, -0.2) is 4.79 Å². The number of carbonyl (C=O) groups is 17. The molecule has 14 atom stereocenters. The number of carboxylic acids is 2. The van der Waals surface area contributed by atoms with Crippen molar-refractivity contribution in [2.24, 2.45) is 29.4 Å². The third-order valence-electron chi connectivity index (χ3n) is 17.6. The van der Waals surface area contributed by atoms with Crippen LogP contribution in [-0.2, 0) is 94.3 Å². The van der Waals surface area contributed by atoms with E-state index in [0.717, 1.165) is 0 Å². The van der Waals surface area contributed by atoms with Gasteiger partial charge in [-0.1, -0.05) is 85.7 Å². The second-order valence-corrected chi connectivity index (χ2v) is 30.0. The van der Waals surface area contributed by atoms with Gasteiger partial charge in [0, 0.05) is 42.1 Å². The van der Waals surface area contributed by atoms with Crippen LogP contribution in [-0.4, -0.2) is 260 Å². The molecule has 15 amide bonds. The predicted molar refractivity (Wildman–Crippen MR) is 419 cm³/mol. The van der Waals surface area contributed by atoms with Gasteiger partial charge in [0.15, 0.2) is 0 Å². The molecule has 0 saturated carbocycles. The topological polar surface area (TPSA) is 614 Å². The number of aromatic amines is 1. The Balaban J connectivity index is 1.71. The Bertz CT molecular complexity index is 3840. The Morgan fingerprint density at radius 3 is 1.42 bits per heavy atom. The maximum Gasteiger partial charge on any atom is 0.326 e. The first-order valence-corrected chi connectivity index (χ1v) is 38.9. The number of thioether (sulfide) groups is 1. The van der Waals surface area contributed by atoms with E-state index in [1.807, 2.05) is 0 Å². The van der Waals surface area contributed by atoms with Crippen LogP contribution in [0.1, 0.15) is 113 Å². The van der Waals surface area contributed by atoms with E-state index in [9.17, 15) is 102 Å². The number of carbonyl (C=O) groups excluding carboxylic acids is 15. The van der Waals surface area contributed by atoms with E-state index in [2.05, 4.69) is 97.4 Å². The van der Waals surface area contributed by atoms with Crippen molar-refractivity contribution in [3.05, 3.63) is 65.9 Å². The largest absolute Gasteiger partial charge is 0.508 e. The zero-order valence-electron chi connectivity index (χ0n) is 65.7. The smallest absolute Gasteiger partial charge is 0.326 e. The molecule has 1 heterocycles. The average molecular weight is 1640 g/mol. The number of thiol groups is 1. The molecule has 39 nitrogen and oxygen atoms in total. The van der Waals surface area contributed by atoms with Crippen LogP contribution in [0.25, 0.3) is 10.9 Å². The van der Waals surface area contributed by atoms with Gasteiger partial charge in [-0.05, 0) is 105 Å². The minimum atomic E-state index is -1.74. The summed E-state index contributed by atoms with van der Waals surface area (Å²) in [7, 11) is 0. The van der Waals surface area contributed by atoms with Gasteiger partial charge < -0.3 is 116 Å². The van der Waals surface area contributed by atoms with Gasteiger partial charge >= 0.3 is 11.9 Å². The maximum absolute atomic E-state index is 14.4. The van der Waals surface area contributed by atoms with Crippen molar-refractivity contribution in [3.63, 3.8) is 0 Å². The third-order valence-corrected chi connectivity index (χ3v) is 18.6. The normalized spacial score (nSPS) is 14.9. The van der Waals surface area contributed by atoms with Crippen LogP contribution in [0, 0.1) is 23.7 Å². The Labute approximate surface area is 668 Å². The highest BCUT2D eigenvalue weighted by Gasteiger charge is 2.38. The quantitative estimate of drug-likeness (QED) is 0.0236. The van der Waals surface area contributed by atoms with E-state index in [1.165, 1.54) is 70.6 Å².